The van der Waals surface area contributed by atoms with Gasteiger partial charge in [-0.3, -0.25) is 4.99 Å². The molecule has 2 heterocycles. The summed E-state index contributed by atoms with van der Waals surface area (Å²) < 4.78 is 25.7. The van der Waals surface area contributed by atoms with Crippen LogP contribution in [0.2, 0.25) is 0 Å². The zero-order valence-electron chi connectivity index (χ0n) is 13.2. The molecule has 2 rings (SSSR count). The lowest BCUT2D eigenvalue weighted by atomic mass is 10.4. The first-order valence-electron chi connectivity index (χ1n) is 6.91. The summed E-state index contributed by atoms with van der Waals surface area (Å²) in [5.41, 5.74) is 0. The second-order valence-corrected chi connectivity index (χ2v) is 9.45. The number of rotatable bonds is 6. The SMILES string of the molecule is CN=C(NCc1cccs1)NCc1ccc(S(=O)(=O)N(C)C)s1. The third-order valence-corrected chi connectivity index (χ3v) is 7.28. The molecule has 9 heteroatoms. The first-order valence-corrected chi connectivity index (χ1v) is 10.0. The molecule has 126 valence electrons. The minimum atomic E-state index is -3.36. The monoisotopic (exact) mass is 372 g/mol. The average Bonchev–Trinajstić information content (AvgIpc) is 3.18. The summed E-state index contributed by atoms with van der Waals surface area (Å²) in [6, 6.07) is 7.53. The maximum Gasteiger partial charge on any atom is 0.252 e. The molecule has 2 N–H and O–H groups in total. The molecule has 2 aromatic heterocycles. The van der Waals surface area contributed by atoms with Crippen LogP contribution >= 0.6 is 22.7 Å². The van der Waals surface area contributed by atoms with Crippen LogP contribution in [0, 0.1) is 0 Å². The molecule has 2 aromatic rings. The van der Waals surface area contributed by atoms with Crippen molar-refractivity contribution in [2.75, 3.05) is 21.1 Å². The number of nitrogens with zero attached hydrogens (tertiary/aromatic N) is 2. The van der Waals surface area contributed by atoms with E-state index in [9.17, 15) is 8.42 Å². The largest absolute Gasteiger partial charge is 0.352 e. The maximum atomic E-state index is 12.1. The van der Waals surface area contributed by atoms with Crippen LogP contribution in [0.3, 0.4) is 0 Å². The van der Waals surface area contributed by atoms with E-state index in [-0.39, 0.29) is 0 Å². The predicted molar refractivity (Wildman–Crippen MR) is 96.5 cm³/mol. The van der Waals surface area contributed by atoms with Crippen molar-refractivity contribution in [1.29, 1.82) is 0 Å². The minimum Gasteiger partial charge on any atom is -0.352 e. The van der Waals surface area contributed by atoms with Crippen molar-refractivity contribution < 1.29 is 8.42 Å². The molecule has 0 amide bonds. The van der Waals surface area contributed by atoms with Crippen LogP contribution in [0.4, 0.5) is 0 Å². The molecule has 0 bridgehead atoms. The minimum absolute atomic E-state index is 0.348. The van der Waals surface area contributed by atoms with E-state index < -0.39 is 10.0 Å². The van der Waals surface area contributed by atoms with Gasteiger partial charge in [0.1, 0.15) is 4.21 Å². The molecular formula is C14H20N4O2S3. The van der Waals surface area contributed by atoms with Crippen molar-refractivity contribution in [3.8, 4) is 0 Å². The number of thiophene rings is 2. The first kappa shape index (κ1) is 17.9. The Morgan fingerprint density at radius 3 is 2.43 bits per heavy atom. The molecular weight excluding hydrogens is 352 g/mol. The van der Waals surface area contributed by atoms with E-state index in [1.54, 1.807) is 24.5 Å². The Morgan fingerprint density at radius 2 is 1.87 bits per heavy atom. The van der Waals surface area contributed by atoms with E-state index in [1.807, 2.05) is 17.5 Å². The zero-order chi connectivity index (χ0) is 16.9. The van der Waals surface area contributed by atoms with Gasteiger partial charge in [-0.15, -0.1) is 22.7 Å². The molecule has 0 radical (unpaired) electrons. The Hall–Kier alpha value is -1.42. The van der Waals surface area contributed by atoms with E-state index in [2.05, 4.69) is 21.7 Å². The quantitative estimate of drug-likeness (QED) is 0.600. The van der Waals surface area contributed by atoms with Crippen molar-refractivity contribution in [2.45, 2.75) is 17.3 Å². The molecule has 23 heavy (non-hydrogen) atoms. The second-order valence-electron chi connectivity index (χ2n) is 4.87. The van der Waals surface area contributed by atoms with Crippen LogP contribution < -0.4 is 10.6 Å². The predicted octanol–water partition coefficient (Wildman–Crippen LogP) is 1.93. The molecule has 0 saturated heterocycles. The molecule has 0 aliphatic carbocycles. The summed E-state index contributed by atoms with van der Waals surface area (Å²) in [7, 11) is 1.41. The number of aliphatic imine (C=N–C) groups is 1. The van der Waals surface area contributed by atoms with E-state index in [0.717, 1.165) is 4.88 Å². The van der Waals surface area contributed by atoms with Crippen LogP contribution in [0.1, 0.15) is 9.75 Å². The van der Waals surface area contributed by atoms with Crippen molar-refractivity contribution >= 4 is 38.7 Å². The fourth-order valence-electron chi connectivity index (χ4n) is 1.75. The van der Waals surface area contributed by atoms with Crippen molar-refractivity contribution in [1.82, 2.24) is 14.9 Å². The highest BCUT2D eigenvalue weighted by atomic mass is 32.2. The molecule has 0 spiro atoms. The summed E-state index contributed by atoms with van der Waals surface area (Å²) in [5.74, 6) is 0.684. The highest BCUT2D eigenvalue weighted by molar-refractivity contribution is 7.91. The Balaban J connectivity index is 1.91. The van der Waals surface area contributed by atoms with E-state index in [1.165, 1.54) is 34.6 Å². The summed E-state index contributed by atoms with van der Waals surface area (Å²) >= 11 is 2.95. The number of sulfonamides is 1. The zero-order valence-corrected chi connectivity index (χ0v) is 15.7. The third-order valence-electron chi connectivity index (χ3n) is 3.04. The van der Waals surface area contributed by atoms with Gasteiger partial charge in [0.05, 0.1) is 13.1 Å². The summed E-state index contributed by atoms with van der Waals surface area (Å²) in [6.45, 7) is 1.24. The summed E-state index contributed by atoms with van der Waals surface area (Å²) in [6.07, 6.45) is 0. The molecule has 0 aromatic carbocycles. The second kappa shape index (κ2) is 7.91. The average molecular weight is 373 g/mol. The maximum absolute atomic E-state index is 12.1. The smallest absolute Gasteiger partial charge is 0.252 e. The molecule has 0 aliphatic heterocycles. The topological polar surface area (TPSA) is 73.8 Å². The molecule has 0 unspecified atom stereocenters. The van der Waals surface area contributed by atoms with Gasteiger partial charge in [-0.2, -0.15) is 0 Å². The highest BCUT2D eigenvalue weighted by Crippen LogP contribution is 2.23. The Bertz CT molecular complexity index is 749. The fourth-order valence-corrected chi connectivity index (χ4v) is 4.86. The Labute approximate surface area is 144 Å². The number of hydrogen-bond donors (Lipinski definition) is 2. The van der Waals surface area contributed by atoms with Gasteiger partial charge in [-0.05, 0) is 23.6 Å². The molecule has 0 atom stereocenters. The van der Waals surface area contributed by atoms with Gasteiger partial charge in [-0.25, -0.2) is 12.7 Å². The number of nitrogens with one attached hydrogen (secondary N) is 2. The molecule has 0 saturated carbocycles. The van der Waals surface area contributed by atoms with Crippen LogP contribution in [0.25, 0.3) is 0 Å². The fraction of sp³-hybridized carbons (Fsp3) is 0.357. The van der Waals surface area contributed by atoms with Crippen LogP contribution in [-0.4, -0.2) is 39.8 Å². The Morgan fingerprint density at radius 1 is 1.17 bits per heavy atom. The van der Waals surface area contributed by atoms with Gasteiger partial charge >= 0.3 is 0 Å². The highest BCUT2D eigenvalue weighted by Gasteiger charge is 2.19. The van der Waals surface area contributed by atoms with Gasteiger partial charge in [0.2, 0.25) is 0 Å². The van der Waals surface area contributed by atoms with Gasteiger partial charge in [0.25, 0.3) is 10.0 Å². The van der Waals surface area contributed by atoms with Gasteiger partial charge in [-0.1, -0.05) is 6.07 Å². The summed E-state index contributed by atoms with van der Waals surface area (Å²) in [4.78, 5) is 6.32. The van der Waals surface area contributed by atoms with E-state index in [0.29, 0.717) is 23.3 Å². The van der Waals surface area contributed by atoms with Crippen molar-refractivity contribution in [2.24, 2.45) is 4.99 Å². The molecule has 0 fully saturated rings. The van der Waals surface area contributed by atoms with Gasteiger partial charge in [0.15, 0.2) is 5.96 Å². The van der Waals surface area contributed by atoms with Crippen molar-refractivity contribution in [3.63, 3.8) is 0 Å². The number of hydrogen-bond acceptors (Lipinski definition) is 5. The standard InChI is InChI=1S/C14H20N4O2S3/c1-15-14(16-9-11-5-4-8-21-11)17-10-12-6-7-13(22-12)23(19,20)18(2)3/h4-8H,9-10H2,1-3H3,(H2,15,16,17). The molecule has 0 aliphatic rings. The van der Waals surface area contributed by atoms with Crippen LogP contribution in [0.15, 0.2) is 38.8 Å². The molecule has 6 nitrogen and oxygen atoms in total. The lowest BCUT2D eigenvalue weighted by Gasteiger charge is -2.10. The van der Waals surface area contributed by atoms with Gasteiger partial charge in [0, 0.05) is 30.9 Å². The summed E-state index contributed by atoms with van der Waals surface area (Å²) in [5, 5.41) is 8.45. The van der Waals surface area contributed by atoms with Crippen molar-refractivity contribution in [3.05, 3.63) is 39.4 Å². The Kier molecular flexibility index (Phi) is 6.17. The lowest BCUT2D eigenvalue weighted by Crippen LogP contribution is -2.35. The first-order chi connectivity index (χ1) is 10.9. The van der Waals surface area contributed by atoms with Gasteiger partial charge < -0.3 is 10.6 Å². The number of guanidine groups is 1. The van der Waals surface area contributed by atoms with Crippen LogP contribution in [0.5, 0.6) is 0 Å². The van der Waals surface area contributed by atoms with E-state index >= 15 is 0 Å². The lowest BCUT2D eigenvalue weighted by molar-refractivity contribution is 0.523. The normalized spacial score (nSPS) is 12.6. The van der Waals surface area contributed by atoms with Crippen LogP contribution in [-0.2, 0) is 23.1 Å². The third kappa shape index (κ3) is 4.77. The van der Waals surface area contributed by atoms with E-state index in [4.69, 9.17) is 0 Å².